The Morgan fingerprint density at radius 1 is 1.08 bits per heavy atom. The third-order valence-electron chi connectivity index (χ3n) is 3.56. The molecular weight excluding hydrogens is 353 g/mol. The summed E-state index contributed by atoms with van der Waals surface area (Å²) in [4.78, 5) is 26.8. The molecule has 2 aromatic carbocycles. The molecule has 4 nitrogen and oxygen atoms in total. The topological polar surface area (TPSA) is 46.6 Å². The van der Waals surface area contributed by atoms with Crippen molar-refractivity contribution in [2.75, 3.05) is 17.3 Å². The van der Waals surface area contributed by atoms with Gasteiger partial charge in [0, 0.05) is 22.4 Å². The number of hydrogen-bond acceptors (Lipinski definition) is 4. The van der Waals surface area contributed by atoms with Crippen molar-refractivity contribution < 1.29 is 18.7 Å². The van der Waals surface area contributed by atoms with E-state index in [4.69, 9.17) is 4.74 Å². The van der Waals surface area contributed by atoms with Gasteiger partial charge in [-0.2, -0.15) is 0 Å². The molecule has 0 aliphatic heterocycles. The van der Waals surface area contributed by atoms with E-state index in [1.807, 2.05) is 44.2 Å². The number of para-hydroxylation sites is 1. The number of esters is 1. The van der Waals surface area contributed by atoms with E-state index in [9.17, 15) is 14.0 Å². The molecule has 2 aromatic rings. The molecule has 138 valence electrons. The van der Waals surface area contributed by atoms with Gasteiger partial charge in [-0.1, -0.05) is 18.2 Å². The summed E-state index contributed by atoms with van der Waals surface area (Å²) >= 11 is 1.44. The van der Waals surface area contributed by atoms with Gasteiger partial charge in [0.25, 0.3) is 5.91 Å². The molecule has 26 heavy (non-hydrogen) atoms. The van der Waals surface area contributed by atoms with Crippen LogP contribution in [0.4, 0.5) is 10.1 Å². The zero-order valence-corrected chi connectivity index (χ0v) is 15.7. The molecule has 0 heterocycles. The third-order valence-corrected chi connectivity index (χ3v) is 4.58. The summed E-state index contributed by atoms with van der Waals surface area (Å²) in [5, 5.41) is 0. The highest BCUT2D eigenvalue weighted by Crippen LogP contribution is 2.19. The van der Waals surface area contributed by atoms with Crippen LogP contribution in [0.1, 0.15) is 20.3 Å². The van der Waals surface area contributed by atoms with E-state index in [1.165, 1.54) is 23.9 Å². The minimum absolute atomic E-state index is 0.0439. The molecule has 0 N–H and O–H groups in total. The molecule has 0 bridgehead atoms. The van der Waals surface area contributed by atoms with E-state index in [-0.39, 0.29) is 30.8 Å². The van der Waals surface area contributed by atoms with Crippen molar-refractivity contribution in [1.82, 2.24) is 0 Å². The van der Waals surface area contributed by atoms with Crippen LogP contribution in [0.15, 0.2) is 59.5 Å². The van der Waals surface area contributed by atoms with Gasteiger partial charge in [-0.3, -0.25) is 9.59 Å². The third kappa shape index (κ3) is 6.19. The molecule has 0 unspecified atom stereocenters. The lowest BCUT2D eigenvalue weighted by Crippen LogP contribution is -2.39. The first-order valence-corrected chi connectivity index (χ1v) is 9.37. The Morgan fingerprint density at radius 2 is 1.73 bits per heavy atom. The van der Waals surface area contributed by atoms with Crippen molar-refractivity contribution in [3.8, 4) is 0 Å². The van der Waals surface area contributed by atoms with E-state index in [0.29, 0.717) is 5.75 Å². The lowest BCUT2D eigenvalue weighted by atomic mass is 10.2. The first-order chi connectivity index (χ1) is 12.5. The molecular formula is C20H22FNO3S. The highest BCUT2D eigenvalue weighted by atomic mass is 32.2. The normalized spacial score (nSPS) is 10.6. The maximum absolute atomic E-state index is 12.8. The number of hydrogen-bond donors (Lipinski definition) is 0. The van der Waals surface area contributed by atoms with Crippen LogP contribution < -0.4 is 4.90 Å². The standard InChI is InChI=1S/C20H22FNO3S/c1-15(2)22(17-6-4-3-5-7-17)19(23)14-25-20(24)12-13-26-18-10-8-16(21)9-11-18/h3-11,15H,12-14H2,1-2H3. The summed E-state index contributed by atoms with van der Waals surface area (Å²) < 4.78 is 17.9. The monoisotopic (exact) mass is 375 g/mol. The van der Waals surface area contributed by atoms with Gasteiger partial charge < -0.3 is 9.64 Å². The maximum atomic E-state index is 12.8. The van der Waals surface area contributed by atoms with Gasteiger partial charge in [-0.05, 0) is 50.2 Å². The van der Waals surface area contributed by atoms with Gasteiger partial charge in [-0.15, -0.1) is 11.8 Å². The molecule has 0 aromatic heterocycles. The molecule has 0 fully saturated rings. The van der Waals surface area contributed by atoms with Crippen LogP contribution >= 0.6 is 11.8 Å². The minimum atomic E-state index is -0.426. The molecule has 0 saturated heterocycles. The predicted molar refractivity (Wildman–Crippen MR) is 102 cm³/mol. The average molecular weight is 375 g/mol. The largest absolute Gasteiger partial charge is 0.456 e. The zero-order valence-electron chi connectivity index (χ0n) is 14.9. The number of amides is 1. The molecule has 0 aliphatic carbocycles. The number of nitrogens with zero attached hydrogens (tertiary/aromatic N) is 1. The summed E-state index contributed by atoms with van der Waals surface area (Å²) in [6.07, 6.45) is 0.183. The van der Waals surface area contributed by atoms with E-state index >= 15 is 0 Å². The molecule has 2 rings (SSSR count). The van der Waals surface area contributed by atoms with E-state index < -0.39 is 5.97 Å². The highest BCUT2D eigenvalue weighted by Gasteiger charge is 2.20. The number of carbonyl (C=O) groups is 2. The van der Waals surface area contributed by atoms with Gasteiger partial charge in [0.2, 0.25) is 0 Å². The smallest absolute Gasteiger partial charge is 0.307 e. The van der Waals surface area contributed by atoms with E-state index in [2.05, 4.69) is 0 Å². The first kappa shape index (κ1) is 20.0. The molecule has 6 heteroatoms. The lowest BCUT2D eigenvalue weighted by molar-refractivity contribution is -0.147. The second-order valence-electron chi connectivity index (χ2n) is 5.91. The number of thioether (sulfide) groups is 1. The summed E-state index contributed by atoms with van der Waals surface area (Å²) in [5.74, 6) is -0.471. The molecule has 1 amide bonds. The number of benzene rings is 2. The van der Waals surface area contributed by atoms with Crippen molar-refractivity contribution in [1.29, 1.82) is 0 Å². The zero-order chi connectivity index (χ0) is 18.9. The number of ether oxygens (including phenoxy) is 1. The Balaban J connectivity index is 1.78. The quantitative estimate of drug-likeness (QED) is 0.510. The van der Waals surface area contributed by atoms with Gasteiger partial charge in [0.15, 0.2) is 6.61 Å². The van der Waals surface area contributed by atoms with Gasteiger partial charge in [-0.25, -0.2) is 4.39 Å². The van der Waals surface area contributed by atoms with Gasteiger partial charge >= 0.3 is 5.97 Å². The summed E-state index contributed by atoms with van der Waals surface area (Å²) in [6.45, 7) is 3.53. The van der Waals surface area contributed by atoms with E-state index in [1.54, 1.807) is 17.0 Å². The van der Waals surface area contributed by atoms with Crippen LogP contribution in [0.5, 0.6) is 0 Å². The second-order valence-corrected chi connectivity index (χ2v) is 7.07. The fraction of sp³-hybridized carbons (Fsp3) is 0.300. The van der Waals surface area contributed by atoms with Crippen LogP contribution in [-0.2, 0) is 14.3 Å². The SMILES string of the molecule is CC(C)N(C(=O)COC(=O)CCSc1ccc(F)cc1)c1ccccc1. The molecule has 0 radical (unpaired) electrons. The van der Waals surface area contributed by atoms with Gasteiger partial charge in [0.05, 0.1) is 6.42 Å². The Kier molecular flexibility index (Phi) is 7.66. The van der Waals surface area contributed by atoms with Crippen LogP contribution in [-0.4, -0.2) is 30.3 Å². The van der Waals surface area contributed by atoms with Crippen molar-refractivity contribution in [2.24, 2.45) is 0 Å². The molecule has 0 spiro atoms. The van der Waals surface area contributed by atoms with Crippen molar-refractivity contribution in [3.05, 3.63) is 60.4 Å². The maximum Gasteiger partial charge on any atom is 0.307 e. The second kappa shape index (κ2) is 9.97. The van der Waals surface area contributed by atoms with Crippen LogP contribution in [0.25, 0.3) is 0 Å². The molecule has 0 saturated carbocycles. The first-order valence-electron chi connectivity index (χ1n) is 8.38. The van der Waals surface area contributed by atoms with Crippen LogP contribution in [0.2, 0.25) is 0 Å². The number of carbonyl (C=O) groups excluding carboxylic acids is 2. The number of anilines is 1. The highest BCUT2D eigenvalue weighted by molar-refractivity contribution is 7.99. The fourth-order valence-electron chi connectivity index (χ4n) is 2.39. The Bertz CT molecular complexity index is 720. The van der Waals surface area contributed by atoms with Gasteiger partial charge in [0.1, 0.15) is 5.82 Å². The average Bonchev–Trinajstić information content (AvgIpc) is 2.62. The fourth-order valence-corrected chi connectivity index (χ4v) is 3.22. The lowest BCUT2D eigenvalue weighted by Gasteiger charge is -2.26. The number of halogens is 1. The number of rotatable bonds is 8. The molecule has 0 aliphatic rings. The molecule has 0 atom stereocenters. The summed E-state index contributed by atoms with van der Waals surface area (Å²) in [7, 11) is 0. The van der Waals surface area contributed by atoms with Crippen molar-refractivity contribution in [2.45, 2.75) is 31.2 Å². The minimum Gasteiger partial charge on any atom is -0.456 e. The van der Waals surface area contributed by atoms with Crippen LogP contribution in [0, 0.1) is 5.82 Å². The van der Waals surface area contributed by atoms with Crippen LogP contribution in [0.3, 0.4) is 0 Å². The Labute approximate surface area is 157 Å². The van der Waals surface area contributed by atoms with Crippen molar-refractivity contribution in [3.63, 3.8) is 0 Å². The summed E-state index contributed by atoms with van der Waals surface area (Å²) in [6, 6.07) is 15.3. The predicted octanol–water partition coefficient (Wildman–Crippen LogP) is 4.29. The van der Waals surface area contributed by atoms with E-state index in [0.717, 1.165) is 10.6 Å². The Hall–Kier alpha value is -2.34. The summed E-state index contributed by atoms with van der Waals surface area (Å²) in [5.41, 5.74) is 0.774. The Morgan fingerprint density at radius 3 is 2.35 bits per heavy atom. The van der Waals surface area contributed by atoms with Crippen molar-refractivity contribution >= 4 is 29.3 Å².